The Hall–Kier alpha value is -3.66. The number of halogens is 3. The van der Waals surface area contributed by atoms with Gasteiger partial charge in [-0.3, -0.25) is 4.98 Å². The van der Waals surface area contributed by atoms with E-state index in [-0.39, 0.29) is 11.8 Å². The number of hydrogen-bond acceptors (Lipinski definition) is 6. The molecule has 1 aromatic carbocycles. The van der Waals surface area contributed by atoms with Crippen LogP contribution in [0.1, 0.15) is 32.0 Å². The van der Waals surface area contributed by atoms with E-state index in [4.69, 9.17) is 4.74 Å². The van der Waals surface area contributed by atoms with Crippen LogP contribution in [0.3, 0.4) is 0 Å². The minimum Gasteiger partial charge on any atom is -0.378 e. The van der Waals surface area contributed by atoms with Crippen LogP contribution in [0.15, 0.2) is 55.0 Å². The molecule has 2 N–H and O–H groups in total. The quantitative estimate of drug-likeness (QED) is 0.335. The molecule has 3 aromatic heterocycles. The lowest BCUT2D eigenvalue weighted by Crippen LogP contribution is -2.38. The van der Waals surface area contributed by atoms with E-state index < -0.39 is 12.2 Å². The monoisotopic (exact) mass is 524 g/mol. The zero-order chi connectivity index (χ0) is 26.9. The SMILES string of the molecule is CC(C)(C)c1ccc(CC(Nc2ccc(-c3cc4c(N5CCOCC5)ncnc4[nH]3)cc2)C(F)(F)F)nc1. The van der Waals surface area contributed by atoms with Crippen LogP contribution in [0.5, 0.6) is 0 Å². The highest BCUT2D eigenvalue weighted by Crippen LogP contribution is 2.31. The highest BCUT2D eigenvalue weighted by atomic mass is 19.4. The number of ether oxygens (including phenoxy) is 1. The normalized spacial score (nSPS) is 15.6. The number of fused-ring (bicyclic) bond motifs is 1. The predicted molar refractivity (Wildman–Crippen MR) is 142 cm³/mol. The Kier molecular flexibility index (Phi) is 7.00. The highest BCUT2D eigenvalue weighted by Gasteiger charge is 2.40. The van der Waals surface area contributed by atoms with Crippen molar-refractivity contribution in [1.29, 1.82) is 0 Å². The third-order valence-corrected chi connectivity index (χ3v) is 6.75. The van der Waals surface area contributed by atoms with E-state index in [1.807, 2.05) is 32.9 Å². The molecule has 1 fully saturated rings. The third-order valence-electron chi connectivity index (χ3n) is 6.75. The lowest BCUT2D eigenvalue weighted by atomic mass is 9.88. The van der Waals surface area contributed by atoms with E-state index in [1.54, 1.807) is 36.5 Å². The van der Waals surface area contributed by atoms with Crippen LogP contribution >= 0.6 is 0 Å². The minimum atomic E-state index is -4.44. The van der Waals surface area contributed by atoms with E-state index in [1.165, 1.54) is 6.33 Å². The molecule has 0 bridgehead atoms. The van der Waals surface area contributed by atoms with Crippen LogP contribution in [0.25, 0.3) is 22.3 Å². The number of nitrogens with zero attached hydrogens (tertiary/aromatic N) is 4. The maximum Gasteiger partial charge on any atom is 0.408 e. The molecule has 4 aromatic rings. The number of aromatic amines is 1. The number of pyridine rings is 1. The Labute approximate surface area is 219 Å². The van der Waals surface area contributed by atoms with Crippen LogP contribution in [0, 0.1) is 0 Å². The maximum absolute atomic E-state index is 13.9. The van der Waals surface area contributed by atoms with Crippen LogP contribution < -0.4 is 10.2 Å². The van der Waals surface area contributed by atoms with Gasteiger partial charge in [0.1, 0.15) is 23.8 Å². The summed E-state index contributed by atoms with van der Waals surface area (Å²) in [5, 5.41) is 3.55. The predicted octanol–water partition coefficient (Wildman–Crippen LogP) is 5.74. The first kappa shape index (κ1) is 26.0. The van der Waals surface area contributed by atoms with E-state index >= 15 is 0 Å². The topological polar surface area (TPSA) is 79.0 Å². The lowest BCUT2D eigenvalue weighted by molar-refractivity contribution is -0.142. The fourth-order valence-corrected chi connectivity index (χ4v) is 4.50. The van der Waals surface area contributed by atoms with Crippen molar-refractivity contribution in [2.75, 3.05) is 36.5 Å². The molecule has 4 heterocycles. The minimum absolute atomic E-state index is 0.114. The Bertz CT molecular complexity index is 1370. The fourth-order valence-electron chi connectivity index (χ4n) is 4.50. The smallest absolute Gasteiger partial charge is 0.378 e. The van der Waals surface area contributed by atoms with Crippen molar-refractivity contribution in [3.8, 4) is 11.3 Å². The number of anilines is 2. The Morgan fingerprint density at radius 1 is 1.00 bits per heavy atom. The third kappa shape index (κ3) is 5.75. The molecule has 10 heteroatoms. The fraction of sp³-hybridized carbons (Fsp3) is 0.393. The number of alkyl halides is 3. The summed E-state index contributed by atoms with van der Waals surface area (Å²) in [6.07, 6.45) is -1.51. The first-order valence-electron chi connectivity index (χ1n) is 12.6. The van der Waals surface area contributed by atoms with Gasteiger partial charge in [0, 0.05) is 42.8 Å². The van der Waals surface area contributed by atoms with Crippen molar-refractivity contribution < 1.29 is 17.9 Å². The molecule has 38 heavy (non-hydrogen) atoms. The van der Waals surface area contributed by atoms with Gasteiger partial charge in [0.15, 0.2) is 0 Å². The van der Waals surface area contributed by atoms with Gasteiger partial charge in [-0.25, -0.2) is 9.97 Å². The molecule has 1 unspecified atom stereocenters. The van der Waals surface area contributed by atoms with Crippen molar-refractivity contribution in [2.45, 2.75) is 44.8 Å². The standard InChI is InChI=1S/C28H31F3N6O/c1-27(2,3)19-6-9-21(32-16-19)14-24(28(29,30)31)35-20-7-4-18(5-8-20)23-15-22-25(36-23)33-17-34-26(22)37-10-12-38-13-11-37/h4-9,15-17,24,35H,10-14H2,1-3H3,(H,33,34,36). The molecule has 0 amide bonds. The number of H-pyrrole nitrogens is 1. The molecule has 0 spiro atoms. The molecule has 200 valence electrons. The molecule has 1 saturated heterocycles. The first-order chi connectivity index (χ1) is 18.1. The summed E-state index contributed by atoms with van der Waals surface area (Å²) in [5.74, 6) is 0.844. The summed E-state index contributed by atoms with van der Waals surface area (Å²) in [5.41, 5.74) is 4.00. The van der Waals surface area contributed by atoms with Crippen LogP contribution in [0.4, 0.5) is 24.7 Å². The van der Waals surface area contributed by atoms with Crippen LogP contribution in [0.2, 0.25) is 0 Å². The largest absolute Gasteiger partial charge is 0.408 e. The molecule has 5 rings (SSSR count). The van der Waals surface area contributed by atoms with Gasteiger partial charge in [-0.05, 0) is 40.8 Å². The van der Waals surface area contributed by atoms with Gasteiger partial charge < -0.3 is 19.9 Å². The Morgan fingerprint density at radius 2 is 1.74 bits per heavy atom. The summed E-state index contributed by atoms with van der Waals surface area (Å²) < 4.78 is 47.1. The summed E-state index contributed by atoms with van der Waals surface area (Å²) in [6.45, 7) is 8.93. The van der Waals surface area contributed by atoms with Gasteiger partial charge in [-0.15, -0.1) is 0 Å². The van der Waals surface area contributed by atoms with E-state index in [0.717, 1.165) is 41.1 Å². The zero-order valence-corrected chi connectivity index (χ0v) is 21.6. The highest BCUT2D eigenvalue weighted by molar-refractivity contribution is 5.92. The van der Waals surface area contributed by atoms with Gasteiger partial charge in [0.2, 0.25) is 0 Å². The van der Waals surface area contributed by atoms with Gasteiger partial charge in [-0.2, -0.15) is 13.2 Å². The first-order valence-corrected chi connectivity index (χ1v) is 12.6. The van der Waals surface area contributed by atoms with Crippen molar-refractivity contribution in [3.63, 3.8) is 0 Å². The molecule has 1 aliphatic rings. The molecule has 0 saturated carbocycles. The number of morpholine rings is 1. The summed E-state index contributed by atoms with van der Waals surface area (Å²) in [7, 11) is 0. The van der Waals surface area contributed by atoms with Crippen molar-refractivity contribution >= 4 is 22.5 Å². The van der Waals surface area contributed by atoms with Crippen LogP contribution in [-0.4, -0.2) is 58.5 Å². The van der Waals surface area contributed by atoms with Crippen molar-refractivity contribution in [1.82, 2.24) is 19.9 Å². The van der Waals surface area contributed by atoms with Crippen molar-refractivity contribution in [3.05, 3.63) is 66.2 Å². The zero-order valence-electron chi connectivity index (χ0n) is 21.6. The molecule has 7 nitrogen and oxygen atoms in total. The molecule has 0 radical (unpaired) electrons. The molecule has 0 aliphatic carbocycles. The average Bonchev–Trinajstić information content (AvgIpc) is 3.33. The summed E-state index contributed by atoms with van der Waals surface area (Å²) >= 11 is 0. The van der Waals surface area contributed by atoms with E-state index in [9.17, 15) is 13.2 Å². The molecule has 1 aliphatic heterocycles. The second-order valence-electron chi connectivity index (χ2n) is 10.6. The molecular formula is C28H31F3N6O. The van der Waals surface area contributed by atoms with Gasteiger partial charge in [0.25, 0.3) is 0 Å². The summed E-state index contributed by atoms with van der Waals surface area (Å²) in [4.78, 5) is 18.6. The Morgan fingerprint density at radius 3 is 2.37 bits per heavy atom. The second-order valence-corrected chi connectivity index (χ2v) is 10.6. The second kappa shape index (κ2) is 10.2. The average molecular weight is 525 g/mol. The van der Waals surface area contributed by atoms with E-state index in [0.29, 0.717) is 30.2 Å². The van der Waals surface area contributed by atoms with E-state index in [2.05, 4.69) is 30.2 Å². The maximum atomic E-state index is 13.9. The number of rotatable bonds is 6. The number of aromatic nitrogens is 4. The molecule has 1 atom stereocenters. The van der Waals surface area contributed by atoms with Gasteiger partial charge >= 0.3 is 6.18 Å². The van der Waals surface area contributed by atoms with Gasteiger partial charge in [0.05, 0.1) is 18.6 Å². The number of nitrogens with one attached hydrogen (secondary N) is 2. The van der Waals surface area contributed by atoms with Crippen LogP contribution in [-0.2, 0) is 16.6 Å². The number of benzene rings is 1. The lowest BCUT2D eigenvalue weighted by Gasteiger charge is -2.27. The Balaban J connectivity index is 1.33. The molecular weight excluding hydrogens is 493 g/mol. The number of hydrogen-bond donors (Lipinski definition) is 2. The summed E-state index contributed by atoms with van der Waals surface area (Å²) in [6, 6.07) is 10.6. The van der Waals surface area contributed by atoms with Gasteiger partial charge in [-0.1, -0.05) is 39.0 Å². The van der Waals surface area contributed by atoms with Crippen molar-refractivity contribution in [2.24, 2.45) is 0 Å².